The van der Waals surface area contributed by atoms with E-state index in [0.29, 0.717) is 31.6 Å². The molecule has 26 heavy (non-hydrogen) atoms. The average molecular weight is 411 g/mol. The minimum absolute atomic E-state index is 0.0318. The Morgan fingerprint density at radius 1 is 0.885 bits per heavy atom. The van der Waals surface area contributed by atoms with Gasteiger partial charge in [0.1, 0.15) is 0 Å². The van der Waals surface area contributed by atoms with Crippen molar-refractivity contribution in [3.05, 3.63) is 68.5 Å². The summed E-state index contributed by atoms with van der Waals surface area (Å²) in [4.78, 5) is 0.684. The third-order valence-corrected chi connectivity index (χ3v) is 5.75. The van der Waals surface area contributed by atoms with Gasteiger partial charge in [0.25, 0.3) is 0 Å². The van der Waals surface area contributed by atoms with Gasteiger partial charge < -0.3 is 20.4 Å². The van der Waals surface area contributed by atoms with Crippen molar-refractivity contribution in [1.29, 1.82) is 0 Å². The molecule has 0 radical (unpaired) electrons. The fraction of sp³-hybridized carbons (Fsp3) is 0.158. The van der Waals surface area contributed by atoms with Crippen LogP contribution >= 0.6 is 34.5 Å². The number of halogens is 2. The molecule has 0 aliphatic heterocycles. The zero-order valence-electron chi connectivity index (χ0n) is 13.7. The highest BCUT2D eigenvalue weighted by atomic mass is 35.5. The summed E-state index contributed by atoms with van der Waals surface area (Å²) in [6.45, 7) is 1.66. The molecule has 3 aromatic rings. The first kappa shape index (κ1) is 19.3. The van der Waals surface area contributed by atoms with Crippen molar-refractivity contribution in [1.82, 2.24) is 0 Å². The average Bonchev–Trinajstić information content (AvgIpc) is 2.99. The van der Waals surface area contributed by atoms with Gasteiger partial charge >= 0.3 is 5.97 Å². The van der Waals surface area contributed by atoms with Crippen molar-refractivity contribution >= 4 is 34.5 Å². The van der Waals surface area contributed by atoms with Crippen molar-refractivity contribution in [3.63, 3.8) is 0 Å². The number of hydrogen-bond acceptors (Lipinski definition) is 5. The predicted molar refractivity (Wildman–Crippen MR) is 104 cm³/mol. The summed E-state index contributed by atoms with van der Waals surface area (Å²) < 4.78 is 0. The molecule has 136 valence electrons. The summed E-state index contributed by atoms with van der Waals surface area (Å²) >= 11 is 13.1. The minimum atomic E-state index is -2.95. The second kappa shape index (κ2) is 7.29. The third kappa shape index (κ3) is 3.80. The molecule has 0 unspecified atom stereocenters. The maximum atomic E-state index is 9.70. The van der Waals surface area contributed by atoms with Crippen LogP contribution in [0.25, 0.3) is 21.6 Å². The number of aryl methyl sites for hydroxylation is 1. The molecule has 0 saturated heterocycles. The van der Waals surface area contributed by atoms with Gasteiger partial charge in [0.05, 0.1) is 11.5 Å². The topological polar surface area (TPSA) is 80.9 Å². The van der Waals surface area contributed by atoms with E-state index in [1.807, 2.05) is 13.0 Å². The van der Waals surface area contributed by atoms with Crippen LogP contribution in [0.3, 0.4) is 0 Å². The highest BCUT2D eigenvalue weighted by Crippen LogP contribution is 2.44. The highest BCUT2D eigenvalue weighted by molar-refractivity contribution is 7.16. The summed E-state index contributed by atoms with van der Waals surface area (Å²) in [5.41, 5.74) is 3.66. The Morgan fingerprint density at radius 3 is 2.08 bits per heavy atom. The smallest absolute Gasteiger partial charge is 0.314 e. The molecule has 0 fully saturated rings. The molecule has 0 aliphatic rings. The molecule has 1 heterocycles. The molecule has 1 aromatic heterocycles. The standard InChI is InChI=1S/C19H16Cl2O4S/c1-10-6-12(20)2-4-14(10)18-16(8-17(26-18)19(23,24)25)15-5-3-13(21)7-11(15)9-22/h2-8,22-25H,9H2,1H3. The maximum Gasteiger partial charge on any atom is 0.314 e. The van der Waals surface area contributed by atoms with Gasteiger partial charge in [-0.1, -0.05) is 35.3 Å². The molecule has 0 spiro atoms. The molecule has 0 aliphatic carbocycles. The lowest BCUT2D eigenvalue weighted by Crippen LogP contribution is -2.21. The second-order valence-corrected chi connectivity index (χ2v) is 7.83. The van der Waals surface area contributed by atoms with Crippen molar-refractivity contribution < 1.29 is 20.4 Å². The number of aliphatic hydroxyl groups excluding tert-OH is 1. The molecule has 3 rings (SSSR count). The van der Waals surface area contributed by atoms with Gasteiger partial charge in [-0.15, -0.1) is 11.3 Å². The summed E-state index contributed by atoms with van der Waals surface area (Å²) in [7, 11) is 0. The molecule has 4 N–H and O–H groups in total. The van der Waals surface area contributed by atoms with Crippen LogP contribution in [0.5, 0.6) is 0 Å². The van der Waals surface area contributed by atoms with Crippen molar-refractivity contribution in [2.24, 2.45) is 0 Å². The second-order valence-electron chi connectivity index (χ2n) is 5.91. The van der Waals surface area contributed by atoms with E-state index in [9.17, 15) is 20.4 Å². The van der Waals surface area contributed by atoms with Gasteiger partial charge in [-0.05, 0) is 59.5 Å². The lowest BCUT2D eigenvalue weighted by atomic mass is 9.96. The zero-order chi connectivity index (χ0) is 19.1. The van der Waals surface area contributed by atoms with E-state index < -0.39 is 5.97 Å². The first-order valence-electron chi connectivity index (χ1n) is 7.68. The van der Waals surface area contributed by atoms with Crippen LogP contribution in [0.4, 0.5) is 0 Å². The highest BCUT2D eigenvalue weighted by Gasteiger charge is 2.28. The summed E-state index contributed by atoms with van der Waals surface area (Å²) in [5.74, 6) is -2.95. The molecular formula is C19H16Cl2O4S. The van der Waals surface area contributed by atoms with E-state index in [1.54, 1.807) is 30.3 Å². The number of aliphatic hydroxyl groups is 4. The lowest BCUT2D eigenvalue weighted by molar-refractivity contribution is -0.321. The Labute approximate surface area is 164 Å². The van der Waals surface area contributed by atoms with Crippen molar-refractivity contribution in [2.45, 2.75) is 19.5 Å². The quantitative estimate of drug-likeness (QED) is 0.484. The van der Waals surface area contributed by atoms with Crippen LogP contribution in [0, 0.1) is 6.92 Å². The molecular weight excluding hydrogens is 395 g/mol. The van der Waals surface area contributed by atoms with E-state index in [0.717, 1.165) is 22.5 Å². The minimum Gasteiger partial charge on any atom is -0.392 e. The Kier molecular flexibility index (Phi) is 5.42. The predicted octanol–water partition coefficient (Wildman–Crippen LogP) is 4.28. The zero-order valence-corrected chi connectivity index (χ0v) is 16.0. The summed E-state index contributed by atoms with van der Waals surface area (Å²) in [5, 5.41) is 39.7. The fourth-order valence-corrected chi connectivity index (χ4v) is 4.37. The van der Waals surface area contributed by atoms with Gasteiger partial charge in [-0.2, -0.15) is 0 Å². The first-order chi connectivity index (χ1) is 12.2. The first-order valence-corrected chi connectivity index (χ1v) is 9.25. The van der Waals surface area contributed by atoms with E-state index in [-0.39, 0.29) is 11.5 Å². The SMILES string of the molecule is Cc1cc(Cl)ccc1-c1sc(C(O)(O)O)cc1-c1ccc(Cl)cc1CO. The monoisotopic (exact) mass is 410 g/mol. The summed E-state index contributed by atoms with van der Waals surface area (Å²) in [6, 6.07) is 12.0. The normalized spacial score (nSPS) is 11.8. The van der Waals surface area contributed by atoms with E-state index in [1.165, 1.54) is 6.07 Å². The molecule has 0 bridgehead atoms. The molecule has 4 nitrogen and oxygen atoms in total. The Morgan fingerprint density at radius 2 is 1.50 bits per heavy atom. The van der Waals surface area contributed by atoms with E-state index >= 15 is 0 Å². The van der Waals surface area contributed by atoms with Crippen LogP contribution in [-0.4, -0.2) is 20.4 Å². The van der Waals surface area contributed by atoms with Crippen LogP contribution < -0.4 is 0 Å². The van der Waals surface area contributed by atoms with Gasteiger partial charge in [-0.25, -0.2) is 0 Å². The number of hydrogen-bond donors (Lipinski definition) is 4. The molecule has 7 heteroatoms. The van der Waals surface area contributed by atoms with Crippen LogP contribution in [0.15, 0.2) is 42.5 Å². The molecule has 0 amide bonds. The van der Waals surface area contributed by atoms with E-state index in [4.69, 9.17) is 23.2 Å². The number of rotatable bonds is 4. The van der Waals surface area contributed by atoms with Crippen molar-refractivity contribution in [2.75, 3.05) is 0 Å². The van der Waals surface area contributed by atoms with Gasteiger partial charge in [0.2, 0.25) is 0 Å². The lowest BCUT2D eigenvalue weighted by Gasteiger charge is -2.11. The Bertz CT molecular complexity index is 961. The Hall–Kier alpha value is -1.44. The van der Waals surface area contributed by atoms with Crippen LogP contribution in [0.2, 0.25) is 10.0 Å². The van der Waals surface area contributed by atoms with Gasteiger partial charge in [0.15, 0.2) is 0 Å². The van der Waals surface area contributed by atoms with Crippen molar-refractivity contribution in [3.8, 4) is 21.6 Å². The fourth-order valence-electron chi connectivity index (χ4n) is 2.79. The van der Waals surface area contributed by atoms with Crippen LogP contribution in [-0.2, 0) is 12.6 Å². The largest absolute Gasteiger partial charge is 0.392 e. The molecule has 0 saturated carbocycles. The Balaban J connectivity index is 2.29. The number of benzene rings is 2. The summed E-state index contributed by atoms with van der Waals surface area (Å²) in [6.07, 6.45) is 0. The van der Waals surface area contributed by atoms with Crippen LogP contribution in [0.1, 0.15) is 16.0 Å². The third-order valence-electron chi connectivity index (χ3n) is 4.02. The molecule has 2 aromatic carbocycles. The van der Waals surface area contributed by atoms with Gasteiger partial charge in [-0.3, -0.25) is 0 Å². The maximum absolute atomic E-state index is 9.70. The molecule has 0 atom stereocenters. The van der Waals surface area contributed by atoms with Gasteiger partial charge in [0, 0.05) is 20.5 Å². The number of thiophene rings is 1. The van der Waals surface area contributed by atoms with E-state index in [2.05, 4.69) is 0 Å².